The van der Waals surface area contributed by atoms with Crippen molar-refractivity contribution in [3.8, 4) is 0 Å². The van der Waals surface area contributed by atoms with Crippen molar-refractivity contribution in [3.05, 3.63) is 113 Å². The standard InChI is InChI=1S/C33H34ClN3O2/c34-30-13-9-27(10-14-30)33(39)36-31-15-11-26(12-16-31)32(38)35-19-3-4-20-37-21-17-25(18-22-37)29-8-7-24-5-1-2-6-28(24)23-29/h1-2,5-16,23,25H,3-4,17-22H2,(H,35,38)(H,36,39). The third kappa shape index (κ3) is 7.25. The lowest BCUT2D eigenvalue weighted by Gasteiger charge is -2.32. The molecule has 6 heteroatoms. The second-order valence-electron chi connectivity index (χ2n) is 10.2. The van der Waals surface area contributed by atoms with Gasteiger partial charge in [0.15, 0.2) is 0 Å². The second-order valence-corrected chi connectivity index (χ2v) is 10.7. The molecule has 0 spiro atoms. The third-order valence-corrected chi connectivity index (χ3v) is 7.78. The van der Waals surface area contributed by atoms with Crippen molar-refractivity contribution in [2.24, 2.45) is 0 Å². The molecule has 5 nitrogen and oxygen atoms in total. The summed E-state index contributed by atoms with van der Waals surface area (Å²) < 4.78 is 0. The van der Waals surface area contributed by atoms with Crippen LogP contribution in [0.3, 0.4) is 0 Å². The normalized spacial score (nSPS) is 14.3. The zero-order valence-electron chi connectivity index (χ0n) is 22.0. The molecule has 0 aromatic heterocycles. The number of anilines is 1. The van der Waals surface area contributed by atoms with Crippen LogP contribution in [0.1, 0.15) is 57.9 Å². The van der Waals surface area contributed by atoms with E-state index in [1.807, 2.05) is 0 Å². The van der Waals surface area contributed by atoms with Gasteiger partial charge in [-0.25, -0.2) is 0 Å². The molecule has 0 aliphatic carbocycles. The number of carbonyl (C=O) groups excluding carboxylic acids is 2. The maximum atomic E-state index is 12.5. The smallest absolute Gasteiger partial charge is 0.255 e. The fraction of sp³-hybridized carbons (Fsp3) is 0.273. The zero-order valence-corrected chi connectivity index (χ0v) is 22.8. The highest BCUT2D eigenvalue weighted by Crippen LogP contribution is 2.30. The maximum absolute atomic E-state index is 12.5. The number of piperidine rings is 1. The minimum atomic E-state index is -0.221. The Kier molecular flexibility index (Phi) is 8.92. The van der Waals surface area contributed by atoms with E-state index in [9.17, 15) is 9.59 Å². The Hall–Kier alpha value is -3.67. The van der Waals surface area contributed by atoms with Crippen LogP contribution in [0.5, 0.6) is 0 Å². The van der Waals surface area contributed by atoms with Crippen molar-refractivity contribution in [1.82, 2.24) is 10.2 Å². The highest BCUT2D eigenvalue weighted by atomic mass is 35.5. The Balaban J connectivity index is 0.986. The summed E-state index contributed by atoms with van der Waals surface area (Å²) in [6.45, 7) is 3.99. The number of fused-ring (bicyclic) bond motifs is 1. The van der Waals surface area contributed by atoms with Crippen LogP contribution in [0.4, 0.5) is 5.69 Å². The van der Waals surface area contributed by atoms with Crippen molar-refractivity contribution in [2.45, 2.75) is 31.6 Å². The number of likely N-dealkylation sites (tertiary alicyclic amines) is 1. The molecule has 1 aliphatic heterocycles. The number of amides is 2. The van der Waals surface area contributed by atoms with Gasteiger partial charge in [-0.15, -0.1) is 0 Å². The van der Waals surface area contributed by atoms with E-state index in [2.05, 4.69) is 58.0 Å². The molecular formula is C33H34ClN3O2. The molecule has 1 aliphatic rings. The molecule has 0 bridgehead atoms. The number of nitrogens with one attached hydrogen (secondary N) is 2. The number of rotatable bonds is 9. The molecule has 39 heavy (non-hydrogen) atoms. The molecular weight excluding hydrogens is 506 g/mol. The fourth-order valence-corrected chi connectivity index (χ4v) is 5.35. The Labute approximate surface area is 235 Å². The first-order valence-corrected chi connectivity index (χ1v) is 14.1. The van der Waals surface area contributed by atoms with Gasteiger partial charge in [0, 0.05) is 28.4 Å². The number of unbranched alkanes of at least 4 members (excludes halogenated alkanes) is 1. The second kappa shape index (κ2) is 12.9. The van der Waals surface area contributed by atoms with Gasteiger partial charge in [-0.3, -0.25) is 9.59 Å². The molecule has 0 atom stereocenters. The molecule has 1 saturated heterocycles. The van der Waals surface area contributed by atoms with E-state index in [1.54, 1.807) is 48.5 Å². The predicted molar refractivity (Wildman–Crippen MR) is 160 cm³/mol. The molecule has 0 unspecified atom stereocenters. The van der Waals surface area contributed by atoms with E-state index < -0.39 is 0 Å². The Morgan fingerprint density at radius 2 is 1.44 bits per heavy atom. The van der Waals surface area contributed by atoms with Crippen LogP contribution in [-0.4, -0.2) is 42.9 Å². The number of carbonyl (C=O) groups is 2. The molecule has 5 rings (SSSR count). The third-order valence-electron chi connectivity index (χ3n) is 7.53. The van der Waals surface area contributed by atoms with E-state index in [1.165, 1.54) is 29.2 Å². The predicted octanol–water partition coefficient (Wildman–Crippen LogP) is 7.14. The molecule has 0 saturated carbocycles. The number of hydrogen-bond donors (Lipinski definition) is 2. The van der Waals surface area contributed by atoms with Gasteiger partial charge in [0.25, 0.3) is 11.8 Å². The molecule has 200 valence electrons. The minimum absolute atomic E-state index is 0.0956. The lowest BCUT2D eigenvalue weighted by Crippen LogP contribution is -2.34. The summed E-state index contributed by atoms with van der Waals surface area (Å²) in [5.41, 5.74) is 3.20. The minimum Gasteiger partial charge on any atom is -0.352 e. The van der Waals surface area contributed by atoms with Gasteiger partial charge in [-0.1, -0.05) is 54.1 Å². The fourth-order valence-electron chi connectivity index (χ4n) is 5.23. The SMILES string of the molecule is O=C(NCCCCN1CCC(c2ccc3ccccc3c2)CC1)c1ccc(NC(=O)c2ccc(Cl)cc2)cc1. The summed E-state index contributed by atoms with van der Waals surface area (Å²) in [5.74, 6) is 0.325. The van der Waals surface area contributed by atoms with Crippen LogP contribution in [0.25, 0.3) is 10.8 Å². The van der Waals surface area contributed by atoms with Crippen molar-refractivity contribution in [1.29, 1.82) is 0 Å². The van der Waals surface area contributed by atoms with Crippen molar-refractivity contribution in [2.75, 3.05) is 31.5 Å². The van der Waals surface area contributed by atoms with Crippen LogP contribution < -0.4 is 10.6 Å². The average Bonchev–Trinajstić information content (AvgIpc) is 2.97. The topological polar surface area (TPSA) is 61.4 Å². The maximum Gasteiger partial charge on any atom is 0.255 e. The number of nitrogens with zero attached hydrogens (tertiary/aromatic N) is 1. The van der Waals surface area contributed by atoms with Gasteiger partial charge in [0.2, 0.25) is 0 Å². The number of hydrogen-bond acceptors (Lipinski definition) is 3. The van der Waals surface area contributed by atoms with E-state index in [4.69, 9.17) is 11.6 Å². The molecule has 2 amide bonds. The molecule has 1 fully saturated rings. The Morgan fingerprint density at radius 3 is 2.18 bits per heavy atom. The Bertz CT molecular complexity index is 1410. The van der Waals surface area contributed by atoms with E-state index in [0.717, 1.165) is 32.5 Å². The average molecular weight is 540 g/mol. The molecule has 2 N–H and O–H groups in total. The summed E-state index contributed by atoms with van der Waals surface area (Å²) in [7, 11) is 0. The highest BCUT2D eigenvalue weighted by molar-refractivity contribution is 6.30. The van der Waals surface area contributed by atoms with Gasteiger partial charge in [-0.2, -0.15) is 0 Å². The van der Waals surface area contributed by atoms with Crippen LogP contribution in [0.15, 0.2) is 91.0 Å². The van der Waals surface area contributed by atoms with Gasteiger partial charge in [0.1, 0.15) is 0 Å². The van der Waals surface area contributed by atoms with E-state index in [0.29, 0.717) is 34.3 Å². The van der Waals surface area contributed by atoms with Crippen LogP contribution >= 0.6 is 11.6 Å². The number of halogens is 1. The highest BCUT2D eigenvalue weighted by Gasteiger charge is 2.20. The zero-order chi connectivity index (χ0) is 27.0. The van der Waals surface area contributed by atoms with Gasteiger partial charge >= 0.3 is 0 Å². The summed E-state index contributed by atoms with van der Waals surface area (Å²) in [6, 6.07) is 29.1. The van der Waals surface area contributed by atoms with E-state index in [-0.39, 0.29) is 11.8 Å². The monoisotopic (exact) mass is 539 g/mol. The van der Waals surface area contributed by atoms with Crippen LogP contribution in [0.2, 0.25) is 5.02 Å². The Morgan fingerprint density at radius 1 is 0.769 bits per heavy atom. The lowest BCUT2D eigenvalue weighted by atomic mass is 9.88. The van der Waals surface area contributed by atoms with Crippen molar-refractivity contribution >= 4 is 39.9 Å². The van der Waals surface area contributed by atoms with Gasteiger partial charge < -0.3 is 15.5 Å². The summed E-state index contributed by atoms with van der Waals surface area (Å²) in [4.78, 5) is 27.4. The molecule has 4 aromatic carbocycles. The van der Waals surface area contributed by atoms with Gasteiger partial charge in [-0.05, 0) is 116 Å². The lowest BCUT2D eigenvalue weighted by molar-refractivity contribution is 0.0951. The first-order chi connectivity index (χ1) is 19.0. The van der Waals surface area contributed by atoms with Crippen molar-refractivity contribution in [3.63, 3.8) is 0 Å². The van der Waals surface area contributed by atoms with Crippen molar-refractivity contribution < 1.29 is 9.59 Å². The number of benzene rings is 4. The van der Waals surface area contributed by atoms with Gasteiger partial charge in [0.05, 0.1) is 0 Å². The largest absolute Gasteiger partial charge is 0.352 e. The van der Waals surface area contributed by atoms with Crippen LogP contribution in [-0.2, 0) is 0 Å². The summed E-state index contributed by atoms with van der Waals surface area (Å²) >= 11 is 5.88. The molecule has 1 heterocycles. The first-order valence-electron chi connectivity index (χ1n) is 13.7. The first kappa shape index (κ1) is 26.9. The molecule has 0 radical (unpaired) electrons. The van der Waals surface area contributed by atoms with Crippen LogP contribution in [0, 0.1) is 0 Å². The summed E-state index contributed by atoms with van der Waals surface area (Å²) in [6.07, 6.45) is 4.42. The van der Waals surface area contributed by atoms with E-state index >= 15 is 0 Å². The summed E-state index contributed by atoms with van der Waals surface area (Å²) in [5, 5.41) is 9.07. The quantitative estimate of drug-likeness (QED) is 0.222. The molecule has 4 aromatic rings.